The highest BCUT2D eigenvalue weighted by atomic mass is 13.5. The zero-order chi connectivity index (χ0) is 4.12. The molecule has 0 saturated carbocycles. The molecule has 0 bridgehead atoms. The van der Waals surface area contributed by atoms with Gasteiger partial charge >= 0.3 is 0 Å². The van der Waals surface area contributed by atoms with Gasteiger partial charge in [0.05, 0.1) is 6.42 Å². The van der Waals surface area contributed by atoms with Gasteiger partial charge in [0.1, 0.15) is 0 Å². The Morgan fingerprint density at radius 2 is 2.40 bits per heavy atom. The average molecular weight is 63.1 g/mol. The molecule has 0 atom stereocenters. The lowest BCUT2D eigenvalue weighted by atomic mass is 10.5. The molecule has 0 rings (SSSR count). The molecule has 0 saturated heterocycles. The zero-order valence-electron chi connectivity index (χ0n) is 2.78. The molecule has 0 aliphatic rings. The van der Waals surface area contributed by atoms with Gasteiger partial charge in [0.2, 0.25) is 0 Å². The maximum Gasteiger partial charge on any atom is 0.0710 e. The van der Waals surface area contributed by atoms with Gasteiger partial charge in [0.25, 0.3) is 0 Å². The van der Waals surface area contributed by atoms with Gasteiger partial charge in [-0.25, -0.2) is 0 Å². The largest absolute Gasteiger partial charge is 0.119 e. The van der Waals surface area contributed by atoms with Gasteiger partial charge < -0.3 is 0 Å². The molecule has 0 aliphatic heterocycles. The topological polar surface area (TPSA) is 0 Å². The van der Waals surface area contributed by atoms with Crippen molar-refractivity contribution in [3.63, 3.8) is 0 Å². The summed E-state index contributed by atoms with van der Waals surface area (Å²) in [5.41, 5.74) is 0. The molecule has 23 valence electrons. The first kappa shape index (κ1) is 4.12. The minimum absolute atomic E-state index is 0.333. The van der Waals surface area contributed by atoms with Gasteiger partial charge in [-0.05, 0) is 6.42 Å². The second kappa shape index (κ2) is 3.12. The summed E-state index contributed by atoms with van der Waals surface area (Å²) in [6.45, 7) is 0. The fourth-order valence-corrected chi connectivity index (χ4v) is 0.0510. The molecular weight excluding hydrogens is 60.1 g/mol. The maximum absolute atomic E-state index is 6.21. The predicted octanol–water partition coefficient (Wildman–Crippen LogP) is 0.599. The normalized spacial score (nSPS) is 4.40. The van der Waals surface area contributed by atoms with Crippen LogP contribution in [0.3, 0.4) is 0 Å². The molecule has 1 radical (unpaired) electrons. The van der Waals surface area contributed by atoms with Gasteiger partial charge in [0.15, 0.2) is 0 Å². The highest BCUT2D eigenvalue weighted by Crippen LogP contribution is 1.60. The predicted molar refractivity (Wildman–Crippen MR) is 20.6 cm³/mol. The standard InChI is InChI=1S/C5H3/c1-3-5-4-2/h1H,5H2. The molecule has 0 nitrogen and oxygen atoms in total. The number of hydrogen-bond acceptors (Lipinski definition) is 0. The summed E-state index contributed by atoms with van der Waals surface area (Å²) in [6.07, 6.45) is 11.2. The van der Waals surface area contributed by atoms with Crippen LogP contribution in [0.5, 0.6) is 0 Å². The van der Waals surface area contributed by atoms with Crippen LogP contribution in [0, 0.1) is 24.7 Å². The second-order valence-corrected chi connectivity index (χ2v) is 0.558. The first-order chi connectivity index (χ1) is 2.41. The summed E-state index contributed by atoms with van der Waals surface area (Å²) in [4.78, 5) is 0. The van der Waals surface area contributed by atoms with E-state index in [1.807, 2.05) is 5.92 Å². The smallest absolute Gasteiger partial charge is 0.0710 e. The van der Waals surface area contributed by atoms with Crippen LogP contribution >= 0.6 is 0 Å². The molecule has 0 heteroatoms. The van der Waals surface area contributed by atoms with Crippen LogP contribution in [0.4, 0.5) is 0 Å². The van der Waals surface area contributed by atoms with Crippen LogP contribution < -0.4 is 0 Å². The molecular formula is C5H3. The fourth-order valence-electron chi connectivity index (χ4n) is 0.0510. The molecule has 0 spiro atoms. The SMILES string of the molecule is [C]#CCC#C. The van der Waals surface area contributed by atoms with E-state index in [2.05, 4.69) is 5.92 Å². The Balaban J connectivity index is 2.86. The molecule has 0 aromatic carbocycles. The van der Waals surface area contributed by atoms with Crippen molar-refractivity contribution in [1.29, 1.82) is 0 Å². The molecule has 0 amide bonds. The van der Waals surface area contributed by atoms with Gasteiger partial charge in [-0.1, -0.05) is 11.8 Å². The van der Waals surface area contributed by atoms with Gasteiger partial charge in [0, 0.05) is 0 Å². The monoisotopic (exact) mass is 63.0 g/mol. The Hall–Kier alpha value is -0.880. The quantitative estimate of drug-likeness (QED) is 0.361. The number of hydrogen-bond donors (Lipinski definition) is 0. The van der Waals surface area contributed by atoms with Crippen molar-refractivity contribution in [2.24, 2.45) is 0 Å². The second-order valence-electron chi connectivity index (χ2n) is 0.558. The molecule has 0 unspecified atom stereocenters. The fraction of sp³-hybridized carbons (Fsp3) is 0.200. The third-order valence-electron chi connectivity index (χ3n) is 0.190. The average Bonchev–Trinajstić information content (AvgIpc) is 1.41. The highest BCUT2D eigenvalue weighted by molar-refractivity contribution is 4.96. The van der Waals surface area contributed by atoms with E-state index in [1.54, 1.807) is 0 Å². The van der Waals surface area contributed by atoms with Crippen LogP contribution in [0.15, 0.2) is 0 Å². The van der Waals surface area contributed by atoms with Crippen molar-refractivity contribution in [3.8, 4) is 18.3 Å². The van der Waals surface area contributed by atoms with E-state index in [4.69, 9.17) is 12.8 Å². The van der Waals surface area contributed by atoms with E-state index >= 15 is 0 Å². The van der Waals surface area contributed by atoms with E-state index in [0.29, 0.717) is 6.42 Å². The van der Waals surface area contributed by atoms with E-state index < -0.39 is 0 Å². The van der Waals surface area contributed by atoms with Crippen LogP contribution in [-0.2, 0) is 0 Å². The molecule has 0 aliphatic carbocycles. The first-order valence-electron chi connectivity index (χ1n) is 1.25. The molecule has 0 aromatic rings. The maximum atomic E-state index is 6.21. The summed E-state index contributed by atoms with van der Waals surface area (Å²) < 4.78 is 0. The van der Waals surface area contributed by atoms with Crippen LogP contribution in [0.25, 0.3) is 0 Å². The summed E-state index contributed by atoms with van der Waals surface area (Å²) >= 11 is 0. The van der Waals surface area contributed by atoms with Gasteiger partial charge in [-0.3, -0.25) is 0 Å². The van der Waals surface area contributed by atoms with Crippen LogP contribution in [0.2, 0.25) is 0 Å². The van der Waals surface area contributed by atoms with E-state index in [-0.39, 0.29) is 0 Å². The van der Waals surface area contributed by atoms with Crippen LogP contribution in [0.1, 0.15) is 6.42 Å². The van der Waals surface area contributed by atoms with Crippen molar-refractivity contribution in [3.05, 3.63) is 6.42 Å². The summed E-state index contributed by atoms with van der Waals surface area (Å²) in [7, 11) is 0. The molecule has 0 N–H and O–H groups in total. The van der Waals surface area contributed by atoms with Crippen molar-refractivity contribution < 1.29 is 0 Å². The first-order valence-corrected chi connectivity index (χ1v) is 1.25. The summed E-state index contributed by atoms with van der Waals surface area (Å²) in [5, 5.41) is 0. The highest BCUT2D eigenvalue weighted by Gasteiger charge is 1.51. The third kappa shape index (κ3) is 3.12. The molecule has 0 heterocycles. The minimum atomic E-state index is 0.333. The van der Waals surface area contributed by atoms with E-state index in [0.717, 1.165) is 0 Å². The Labute approximate surface area is 32.2 Å². The Morgan fingerprint density at radius 3 is 2.40 bits per heavy atom. The zero-order valence-corrected chi connectivity index (χ0v) is 2.78. The lowest BCUT2D eigenvalue weighted by Gasteiger charge is -1.55. The van der Waals surface area contributed by atoms with Crippen molar-refractivity contribution >= 4 is 0 Å². The Bertz CT molecular complexity index is 65.2. The Morgan fingerprint density at radius 1 is 1.80 bits per heavy atom. The van der Waals surface area contributed by atoms with Gasteiger partial charge in [-0.15, -0.1) is 6.42 Å². The van der Waals surface area contributed by atoms with Crippen molar-refractivity contribution in [2.45, 2.75) is 6.42 Å². The van der Waals surface area contributed by atoms with Crippen LogP contribution in [-0.4, -0.2) is 0 Å². The molecule has 0 aromatic heterocycles. The Kier molecular flexibility index (Phi) is 2.57. The summed E-state index contributed by atoms with van der Waals surface area (Å²) in [5.74, 6) is 4.25. The lowest BCUT2D eigenvalue weighted by molar-refractivity contribution is 1.57. The number of terminal acetylenes is 1. The summed E-state index contributed by atoms with van der Waals surface area (Å²) in [6, 6.07) is 0. The van der Waals surface area contributed by atoms with E-state index in [1.165, 1.54) is 0 Å². The van der Waals surface area contributed by atoms with Crippen molar-refractivity contribution in [2.75, 3.05) is 0 Å². The lowest BCUT2D eigenvalue weighted by Crippen LogP contribution is -1.46. The van der Waals surface area contributed by atoms with E-state index in [9.17, 15) is 0 Å². The molecule has 0 fully saturated rings. The minimum Gasteiger partial charge on any atom is -0.119 e. The van der Waals surface area contributed by atoms with Gasteiger partial charge in [-0.2, -0.15) is 0 Å². The number of rotatable bonds is 0. The van der Waals surface area contributed by atoms with Crippen molar-refractivity contribution in [1.82, 2.24) is 0 Å². The third-order valence-corrected chi connectivity index (χ3v) is 0.190. The molecule has 5 heavy (non-hydrogen) atoms.